The molecular formula is C14H27IN4O. The highest BCUT2D eigenvalue weighted by Crippen LogP contribution is 2.22. The third-order valence-corrected chi connectivity index (χ3v) is 2.55. The van der Waals surface area contributed by atoms with Crippen LogP contribution in [0.25, 0.3) is 0 Å². The third kappa shape index (κ3) is 6.58. The summed E-state index contributed by atoms with van der Waals surface area (Å²) in [5.41, 5.74) is -0.0140. The highest BCUT2D eigenvalue weighted by Gasteiger charge is 2.18. The highest BCUT2D eigenvalue weighted by molar-refractivity contribution is 14.0. The van der Waals surface area contributed by atoms with Gasteiger partial charge in [0.1, 0.15) is 12.3 Å². The van der Waals surface area contributed by atoms with Gasteiger partial charge in [-0.2, -0.15) is 0 Å². The van der Waals surface area contributed by atoms with Crippen molar-refractivity contribution in [1.29, 1.82) is 0 Å². The molecule has 0 amide bonds. The van der Waals surface area contributed by atoms with E-state index in [1.165, 1.54) is 0 Å². The summed E-state index contributed by atoms with van der Waals surface area (Å²) < 4.78 is 5.71. The maximum Gasteiger partial charge on any atom is 0.216 e. The minimum atomic E-state index is -0.0140. The van der Waals surface area contributed by atoms with Crippen LogP contribution in [-0.2, 0) is 12.0 Å². The predicted molar refractivity (Wildman–Crippen MR) is 93.7 cm³/mol. The van der Waals surface area contributed by atoms with Crippen LogP contribution in [0, 0.1) is 0 Å². The van der Waals surface area contributed by atoms with E-state index in [2.05, 4.69) is 48.3 Å². The summed E-state index contributed by atoms with van der Waals surface area (Å²) in [7, 11) is 0. The molecule has 5 nitrogen and oxygen atoms in total. The van der Waals surface area contributed by atoms with Gasteiger partial charge in [-0.3, -0.25) is 0 Å². The Morgan fingerprint density at radius 2 is 2.00 bits per heavy atom. The van der Waals surface area contributed by atoms with Gasteiger partial charge in [0.2, 0.25) is 5.89 Å². The fourth-order valence-electron chi connectivity index (χ4n) is 1.46. The first kappa shape index (κ1) is 19.2. The summed E-state index contributed by atoms with van der Waals surface area (Å²) in [5, 5.41) is 6.44. The molecule has 0 radical (unpaired) electrons. The molecule has 2 N–H and O–H groups in total. The number of aliphatic imine (C=N–C) groups is 1. The van der Waals surface area contributed by atoms with Crippen molar-refractivity contribution < 1.29 is 4.42 Å². The van der Waals surface area contributed by atoms with Crippen LogP contribution in [0.15, 0.2) is 15.6 Å². The Morgan fingerprint density at radius 3 is 2.50 bits per heavy atom. The Hall–Kier alpha value is -0.790. The van der Waals surface area contributed by atoms with Crippen LogP contribution in [0.5, 0.6) is 0 Å². The first-order chi connectivity index (χ1) is 8.97. The Balaban J connectivity index is 0.00000361. The maximum atomic E-state index is 5.71. The third-order valence-electron chi connectivity index (χ3n) is 2.55. The van der Waals surface area contributed by atoms with Crippen LogP contribution < -0.4 is 10.6 Å². The molecule has 1 heterocycles. The largest absolute Gasteiger partial charge is 0.443 e. The van der Waals surface area contributed by atoms with Crippen molar-refractivity contribution in [2.24, 2.45) is 4.99 Å². The van der Waals surface area contributed by atoms with E-state index in [1.54, 1.807) is 6.20 Å². The number of halogens is 1. The van der Waals surface area contributed by atoms with E-state index in [0.29, 0.717) is 12.4 Å². The molecule has 116 valence electrons. The van der Waals surface area contributed by atoms with Crippen molar-refractivity contribution in [3.63, 3.8) is 0 Å². The molecule has 0 fully saturated rings. The van der Waals surface area contributed by atoms with Crippen molar-refractivity contribution >= 4 is 29.9 Å². The molecule has 1 aromatic heterocycles. The lowest BCUT2D eigenvalue weighted by Gasteiger charge is -2.13. The summed E-state index contributed by atoms with van der Waals surface area (Å²) in [6.07, 6.45) is 2.86. The lowest BCUT2D eigenvalue weighted by atomic mass is 9.94. The van der Waals surface area contributed by atoms with Gasteiger partial charge in [0.05, 0.1) is 6.20 Å². The van der Waals surface area contributed by atoms with Gasteiger partial charge >= 0.3 is 0 Å². The lowest BCUT2D eigenvalue weighted by Crippen LogP contribution is -2.37. The smallest absolute Gasteiger partial charge is 0.216 e. The van der Waals surface area contributed by atoms with Crippen LogP contribution in [0.3, 0.4) is 0 Å². The summed E-state index contributed by atoms with van der Waals surface area (Å²) in [5.74, 6) is 2.35. The molecule has 0 spiro atoms. The number of hydrogen-bond donors (Lipinski definition) is 2. The number of rotatable bonds is 5. The monoisotopic (exact) mass is 394 g/mol. The molecule has 0 unspecified atom stereocenters. The minimum absolute atomic E-state index is 0. The first-order valence-corrected chi connectivity index (χ1v) is 6.94. The van der Waals surface area contributed by atoms with Gasteiger partial charge in [0.15, 0.2) is 5.96 Å². The SMILES string of the molecule is CCCNC(=NCc1ncc(C(C)(C)C)o1)NCC.I. The van der Waals surface area contributed by atoms with Crippen molar-refractivity contribution in [2.75, 3.05) is 13.1 Å². The Kier molecular flexibility index (Phi) is 8.84. The molecule has 0 saturated carbocycles. The van der Waals surface area contributed by atoms with Crippen molar-refractivity contribution in [3.05, 3.63) is 17.8 Å². The number of oxazole rings is 1. The highest BCUT2D eigenvalue weighted by atomic mass is 127. The zero-order valence-electron chi connectivity index (χ0n) is 13.1. The topological polar surface area (TPSA) is 62.5 Å². The zero-order chi connectivity index (χ0) is 14.3. The summed E-state index contributed by atoms with van der Waals surface area (Å²) in [4.78, 5) is 8.72. The van der Waals surface area contributed by atoms with Gasteiger partial charge in [-0.25, -0.2) is 9.98 Å². The summed E-state index contributed by atoms with van der Waals surface area (Å²) in [6, 6.07) is 0. The molecule has 0 aliphatic rings. The second-order valence-electron chi connectivity index (χ2n) is 5.49. The van der Waals surface area contributed by atoms with E-state index < -0.39 is 0 Å². The number of guanidine groups is 1. The van der Waals surface area contributed by atoms with E-state index in [4.69, 9.17) is 4.42 Å². The number of nitrogens with one attached hydrogen (secondary N) is 2. The molecule has 1 aromatic rings. The average molecular weight is 394 g/mol. The first-order valence-electron chi connectivity index (χ1n) is 6.94. The fraction of sp³-hybridized carbons (Fsp3) is 0.714. The molecule has 0 saturated heterocycles. The van der Waals surface area contributed by atoms with Gasteiger partial charge in [0.25, 0.3) is 0 Å². The number of nitrogens with zero attached hydrogens (tertiary/aromatic N) is 2. The van der Waals surface area contributed by atoms with Crippen LogP contribution in [0.2, 0.25) is 0 Å². The fourth-order valence-corrected chi connectivity index (χ4v) is 1.46. The van der Waals surface area contributed by atoms with E-state index in [-0.39, 0.29) is 29.4 Å². The van der Waals surface area contributed by atoms with E-state index in [0.717, 1.165) is 31.2 Å². The molecular weight excluding hydrogens is 367 g/mol. The maximum absolute atomic E-state index is 5.71. The summed E-state index contributed by atoms with van der Waals surface area (Å²) in [6.45, 7) is 12.7. The van der Waals surface area contributed by atoms with E-state index in [1.807, 2.05) is 6.92 Å². The molecule has 0 bridgehead atoms. The molecule has 6 heteroatoms. The normalized spacial score (nSPS) is 11.9. The van der Waals surface area contributed by atoms with E-state index >= 15 is 0 Å². The number of aromatic nitrogens is 1. The average Bonchev–Trinajstić information content (AvgIpc) is 2.81. The number of hydrogen-bond acceptors (Lipinski definition) is 3. The van der Waals surface area contributed by atoms with Gasteiger partial charge in [0, 0.05) is 18.5 Å². The zero-order valence-corrected chi connectivity index (χ0v) is 15.4. The molecule has 0 aliphatic heterocycles. The second-order valence-corrected chi connectivity index (χ2v) is 5.49. The standard InChI is InChI=1S/C14H26N4O.HI/c1-6-8-16-13(15-7-2)18-10-12-17-9-11(19-12)14(3,4)5;/h9H,6-8,10H2,1-5H3,(H2,15,16,18);1H. The van der Waals surface area contributed by atoms with Gasteiger partial charge in [-0.05, 0) is 13.3 Å². The lowest BCUT2D eigenvalue weighted by molar-refractivity contribution is 0.383. The Bertz CT molecular complexity index is 410. The van der Waals surface area contributed by atoms with Crippen LogP contribution in [0.1, 0.15) is 52.7 Å². The van der Waals surface area contributed by atoms with Crippen molar-refractivity contribution in [3.8, 4) is 0 Å². The Labute approximate surface area is 139 Å². The molecule has 1 rings (SSSR count). The quantitative estimate of drug-likeness (QED) is 0.458. The van der Waals surface area contributed by atoms with Gasteiger partial charge < -0.3 is 15.1 Å². The van der Waals surface area contributed by atoms with E-state index in [9.17, 15) is 0 Å². The molecule has 0 aromatic carbocycles. The van der Waals surface area contributed by atoms with Crippen molar-refractivity contribution in [1.82, 2.24) is 15.6 Å². The second kappa shape index (κ2) is 9.20. The van der Waals surface area contributed by atoms with Crippen LogP contribution >= 0.6 is 24.0 Å². The van der Waals surface area contributed by atoms with Crippen LogP contribution in [-0.4, -0.2) is 24.0 Å². The Morgan fingerprint density at radius 1 is 1.30 bits per heavy atom. The van der Waals surface area contributed by atoms with Gasteiger partial charge in [-0.15, -0.1) is 24.0 Å². The predicted octanol–water partition coefficient (Wildman–Crippen LogP) is 3.06. The van der Waals surface area contributed by atoms with Crippen molar-refractivity contribution in [2.45, 2.75) is 53.0 Å². The molecule has 20 heavy (non-hydrogen) atoms. The summed E-state index contributed by atoms with van der Waals surface area (Å²) >= 11 is 0. The molecule has 0 atom stereocenters. The van der Waals surface area contributed by atoms with Gasteiger partial charge in [-0.1, -0.05) is 27.7 Å². The molecule has 0 aliphatic carbocycles. The van der Waals surface area contributed by atoms with Crippen LogP contribution in [0.4, 0.5) is 0 Å². The minimum Gasteiger partial charge on any atom is -0.443 e.